The smallest absolute Gasteiger partial charge is 0.339 e. The maximum Gasteiger partial charge on any atom is 0.339 e. The van der Waals surface area contributed by atoms with Gasteiger partial charge in [0.15, 0.2) is 5.78 Å². The van der Waals surface area contributed by atoms with E-state index in [0.717, 1.165) is 45.0 Å². The molecule has 0 amide bonds. The zero-order chi connectivity index (χ0) is 28.1. The molecule has 0 saturated heterocycles. The summed E-state index contributed by atoms with van der Waals surface area (Å²) in [6, 6.07) is 20.8. The normalized spacial score (nSPS) is 11.6. The molecule has 0 fully saturated rings. The number of aryl methyl sites for hydroxylation is 2. The minimum atomic E-state index is -0.729. The van der Waals surface area contributed by atoms with E-state index in [1.807, 2.05) is 50.2 Å². The van der Waals surface area contributed by atoms with Crippen molar-refractivity contribution in [3.05, 3.63) is 106 Å². The lowest BCUT2D eigenvalue weighted by Crippen LogP contribution is -2.23. The predicted octanol–water partition coefficient (Wildman–Crippen LogP) is 7.45. The molecule has 6 nitrogen and oxygen atoms in total. The van der Waals surface area contributed by atoms with Crippen LogP contribution in [0, 0.1) is 19.8 Å². The van der Waals surface area contributed by atoms with Gasteiger partial charge in [-0.1, -0.05) is 67.6 Å². The van der Waals surface area contributed by atoms with Crippen molar-refractivity contribution in [3.63, 3.8) is 0 Å². The molecule has 5 rings (SSSR count). The Bertz CT molecular complexity index is 1680. The van der Waals surface area contributed by atoms with Gasteiger partial charge in [0.2, 0.25) is 0 Å². The number of ketones is 1. The first-order valence-corrected chi connectivity index (χ1v) is 13.1. The predicted molar refractivity (Wildman–Crippen MR) is 153 cm³/mol. The van der Waals surface area contributed by atoms with Crippen LogP contribution >= 0.6 is 0 Å². The first-order valence-electron chi connectivity index (χ1n) is 13.1. The molecule has 2 heterocycles. The number of Topliss-reactive ketones (excluding diaryl/α,β-unsaturated/α-hetero) is 1. The summed E-state index contributed by atoms with van der Waals surface area (Å²) in [5, 5.41) is 2.05. The zero-order valence-corrected chi connectivity index (χ0v) is 22.9. The van der Waals surface area contributed by atoms with Crippen molar-refractivity contribution < 1.29 is 23.2 Å². The van der Waals surface area contributed by atoms with E-state index in [2.05, 4.69) is 13.0 Å². The van der Waals surface area contributed by atoms with Crippen LogP contribution in [0.1, 0.15) is 47.8 Å². The highest BCUT2D eigenvalue weighted by Crippen LogP contribution is 2.37. The molecule has 6 heteroatoms. The van der Waals surface area contributed by atoms with Gasteiger partial charge in [-0.25, -0.2) is 4.79 Å². The van der Waals surface area contributed by atoms with Gasteiger partial charge < -0.3 is 13.6 Å². The summed E-state index contributed by atoms with van der Waals surface area (Å²) in [6.07, 6.45) is 2.69. The fourth-order valence-corrected chi connectivity index (χ4v) is 4.63. The van der Waals surface area contributed by atoms with Crippen molar-refractivity contribution in [1.82, 2.24) is 0 Å². The lowest BCUT2D eigenvalue weighted by atomic mass is 9.95. The van der Waals surface area contributed by atoms with Crippen molar-refractivity contribution in [2.45, 2.75) is 41.0 Å². The van der Waals surface area contributed by atoms with Crippen LogP contribution in [0.2, 0.25) is 0 Å². The monoisotopic (exact) mass is 524 g/mol. The quantitative estimate of drug-likeness (QED) is 0.0992. The van der Waals surface area contributed by atoms with Crippen molar-refractivity contribution in [1.29, 1.82) is 0 Å². The number of hydrogen-bond acceptors (Lipinski definition) is 6. The second kappa shape index (κ2) is 11.9. The SMILES string of the molecule is CCOC(=O)C(C)C(=O)c1ccccc1.CCc1coc2c(C)c3oc(=O)c(C)c(-c4ccccc4)c3cc12. The third-order valence-electron chi connectivity index (χ3n) is 6.80. The summed E-state index contributed by atoms with van der Waals surface area (Å²) in [5.74, 6) is -1.40. The summed E-state index contributed by atoms with van der Waals surface area (Å²) >= 11 is 0. The van der Waals surface area contributed by atoms with Crippen LogP contribution in [0.5, 0.6) is 0 Å². The van der Waals surface area contributed by atoms with Gasteiger partial charge in [-0.3, -0.25) is 9.59 Å². The Morgan fingerprint density at radius 3 is 2.13 bits per heavy atom. The molecule has 0 radical (unpaired) electrons. The molecule has 5 aromatic rings. The Kier molecular flexibility index (Phi) is 8.45. The fraction of sp³-hybridized carbons (Fsp3) is 0.242. The molecule has 39 heavy (non-hydrogen) atoms. The van der Waals surface area contributed by atoms with Crippen LogP contribution in [-0.2, 0) is 16.0 Å². The van der Waals surface area contributed by atoms with E-state index in [1.165, 1.54) is 0 Å². The largest absolute Gasteiger partial charge is 0.465 e. The van der Waals surface area contributed by atoms with Gasteiger partial charge in [-0.05, 0) is 51.3 Å². The molecule has 0 spiro atoms. The van der Waals surface area contributed by atoms with Crippen LogP contribution < -0.4 is 5.63 Å². The minimum absolute atomic E-state index is 0.200. The van der Waals surface area contributed by atoms with E-state index in [0.29, 0.717) is 23.3 Å². The molecule has 1 unspecified atom stereocenters. The summed E-state index contributed by atoms with van der Waals surface area (Å²) in [6.45, 7) is 9.46. The standard InChI is InChI=1S/C21H18O3.C12H14O3/c1-4-14-11-23-19-13(3)20-17(10-16(14)19)18(12(2)21(22)24-20)15-8-6-5-7-9-15;1-3-15-12(14)9(2)11(13)10-7-5-4-6-8-10/h5-11H,4H2,1-3H3;4-9H,3H2,1-2H3. The number of furan rings is 1. The number of hydrogen-bond donors (Lipinski definition) is 0. The summed E-state index contributed by atoms with van der Waals surface area (Å²) in [4.78, 5) is 35.5. The Hall–Kier alpha value is -4.45. The van der Waals surface area contributed by atoms with Gasteiger partial charge in [0, 0.05) is 33.0 Å². The molecule has 0 aliphatic heterocycles. The Labute approximate surface area is 227 Å². The lowest BCUT2D eigenvalue weighted by molar-refractivity contribution is -0.145. The maximum atomic E-state index is 12.4. The van der Waals surface area contributed by atoms with Crippen LogP contribution in [0.3, 0.4) is 0 Å². The Morgan fingerprint density at radius 2 is 1.51 bits per heavy atom. The van der Waals surface area contributed by atoms with E-state index in [4.69, 9.17) is 13.6 Å². The summed E-state index contributed by atoms with van der Waals surface area (Å²) in [5.41, 5.74) is 6.27. The van der Waals surface area contributed by atoms with E-state index in [9.17, 15) is 14.4 Å². The highest BCUT2D eigenvalue weighted by atomic mass is 16.5. The van der Waals surface area contributed by atoms with Crippen molar-refractivity contribution >= 4 is 33.7 Å². The first-order chi connectivity index (χ1) is 18.8. The van der Waals surface area contributed by atoms with Gasteiger partial charge in [0.05, 0.1) is 12.9 Å². The molecule has 0 N–H and O–H groups in total. The molecule has 0 saturated carbocycles. The van der Waals surface area contributed by atoms with Crippen LogP contribution in [0.15, 0.2) is 86.6 Å². The van der Waals surface area contributed by atoms with Gasteiger partial charge in [0.25, 0.3) is 0 Å². The van der Waals surface area contributed by atoms with Gasteiger partial charge >= 0.3 is 11.6 Å². The molecular formula is C33H32O6. The molecule has 0 aliphatic rings. The van der Waals surface area contributed by atoms with Crippen molar-refractivity contribution in [2.75, 3.05) is 6.61 Å². The number of fused-ring (bicyclic) bond motifs is 2. The number of rotatable bonds is 6. The average molecular weight is 525 g/mol. The summed E-state index contributed by atoms with van der Waals surface area (Å²) < 4.78 is 16.1. The summed E-state index contributed by atoms with van der Waals surface area (Å²) in [7, 11) is 0. The number of carbonyl (C=O) groups is 2. The topological polar surface area (TPSA) is 86.7 Å². The Morgan fingerprint density at radius 1 is 0.872 bits per heavy atom. The lowest BCUT2D eigenvalue weighted by Gasteiger charge is -2.11. The van der Waals surface area contributed by atoms with Crippen LogP contribution in [0.4, 0.5) is 0 Å². The highest BCUT2D eigenvalue weighted by molar-refractivity contribution is 6.08. The fourth-order valence-electron chi connectivity index (χ4n) is 4.63. The van der Waals surface area contributed by atoms with Crippen molar-refractivity contribution in [3.8, 4) is 11.1 Å². The second-order valence-electron chi connectivity index (χ2n) is 9.33. The number of carbonyl (C=O) groups excluding carboxylic acids is 2. The van der Waals surface area contributed by atoms with E-state index < -0.39 is 11.9 Å². The molecule has 200 valence electrons. The van der Waals surface area contributed by atoms with Crippen molar-refractivity contribution in [2.24, 2.45) is 5.92 Å². The third kappa shape index (κ3) is 5.55. The molecule has 0 aliphatic carbocycles. The molecular weight excluding hydrogens is 492 g/mol. The van der Waals surface area contributed by atoms with E-state index in [1.54, 1.807) is 44.4 Å². The highest BCUT2D eigenvalue weighted by Gasteiger charge is 2.23. The molecule has 3 aromatic carbocycles. The number of esters is 1. The number of benzene rings is 3. The molecule has 0 bridgehead atoms. The van der Waals surface area contributed by atoms with E-state index in [-0.39, 0.29) is 11.4 Å². The van der Waals surface area contributed by atoms with Gasteiger partial charge in [-0.15, -0.1) is 0 Å². The van der Waals surface area contributed by atoms with Gasteiger partial charge in [0.1, 0.15) is 17.1 Å². The second-order valence-corrected chi connectivity index (χ2v) is 9.33. The van der Waals surface area contributed by atoms with Crippen LogP contribution in [0.25, 0.3) is 33.1 Å². The number of ether oxygens (including phenoxy) is 1. The average Bonchev–Trinajstić information content (AvgIpc) is 3.38. The molecule has 2 aromatic heterocycles. The van der Waals surface area contributed by atoms with E-state index >= 15 is 0 Å². The maximum absolute atomic E-state index is 12.4. The zero-order valence-electron chi connectivity index (χ0n) is 22.9. The van der Waals surface area contributed by atoms with Gasteiger partial charge in [-0.2, -0.15) is 0 Å². The minimum Gasteiger partial charge on any atom is -0.465 e. The third-order valence-corrected chi connectivity index (χ3v) is 6.80. The Balaban J connectivity index is 0.000000204. The van der Waals surface area contributed by atoms with Crippen LogP contribution in [-0.4, -0.2) is 18.4 Å². The first kappa shape index (κ1) is 27.6. The molecule has 1 atom stereocenters.